The van der Waals surface area contributed by atoms with E-state index in [1.165, 1.54) is 19.3 Å². The van der Waals surface area contributed by atoms with Gasteiger partial charge in [-0.2, -0.15) is 0 Å². The first-order valence-corrected chi connectivity index (χ1v) is 8.52. The molecule has 1 saturated heterocycles. The molecule has 1 fully saturated rings. The second kappa shape index (κ2) is 8.90. The Labute approximate surface area is 139 Å². The topological polar surface area (TPSA) is 61.4 Å². The maximum Gasteiger partial charge on any atom is 0.270 e. The van der Waals surface area contributed by atoms with Crippen LogP contribution in [0.5, 0.6) is 0 Å². The van der Waals surface area contributed by atoms with Crippen molar-refractivity contribution < 1.29 is 9.59 Å². The molecule has 1 aromatic rings. The van der Waals surface area contributed by atoms with E-state index >= 15 is 0 Å². The molecule has 1 heterocycles. The van der Waals surface area contributed by atoms with Crippen LogP contribution in [-0.2, 0) is 4.79 Å². The van der Waals surface area contributed by atoms with Crippen LogP contribution in [0.1, 0.15) is 42.5 Å². The Morgan fingerprint density at radius 2 is 1.64 bits per heavy atom. The number of halogens is 1. The van der Waals surface area contributed by atoms with Crippen LogP contribution in [0.25, 0.3) is 0 Å². The molecule has 0 radical (unpaired) electrons. The van der Waals surface area contributed by atoms with E-state index in [-0.39, 0.29) is 11.8 Å². The average Bonchev–Trinajstić information content (AvgIpc) is 2.48. The van der Waals surface area contributed by atoms with E-state index in [9.17, 15) is 9.59 Å². The summed E-state index contributed by atoms with van der Waals surface area (Å²) in [6.07, 6.45) is 6.03. The second-order valence-electron chi connectivity index (χ2n) is 5.53. The van der Waals surface area contributed by atoms with Gasteiger partial charge in [0, 0.05) is 4.47 Å². The Kier molecular flexibility index (Phi) is 6.86. The third-order valence-corrected chi connectivity index (χ3v) is 4.44. The molecule has 22 heavy (non-hydrogen) atoms. The van der Waals surface area contributed by atoms with Crippen molar-refractivity contribution in [2.75, 3.05) is 19.6 Å². The molecule has 0 atom stereocenters. The maximum atomic E-state index is 12.0. The number of rotatable bonds is 3. The Hall–Kier alpha value is -1.40. The van der Waals surface area contributed by atoms with Crippen molar-refractivity contribution in [3.63, 3.8) is 0 Å². The summed E-state index contributed by atoms with van der Waals surface area (Å²) in [6, 6.07) is 7.10. The van der Waals surface area contributed by atoms with E-state index in [0.717, 1.165) is 25.9 Å². The highest BCUT2D eigenvalue weighted by molar-refractivity contribution is 9.10. The van der Waals surface area contributed by atoms with E-state index in [4.69, 9.17) is 0 Å². The van der Waals surface area contributed by atoms with Gasteiger partial charge in [-0.25, -0.2) is 0 Å². The van der Waals surface area contributed by atoms with Crippen molar-refractivity contribution in [3.8, 4) is 0 Å². The van der Waals surface area contributed by atoms with Gasteiger partial charge in [-0.15, -0.1) is 0 Å². The first-order valence-electron chi connectivity index (χ1n) is 7.73. The lowest BCUT2D eigenvalue weighted by Gasteiger charge is -2.23. The number of hydrogen-bond donors (Lipinski definition) is 2. The lowest BCUT2D eigenvalue weighted by Crippen LogP contribution is -2.47. The van der Waals surface area contributed by atoms with Crippen molar-refractivity contribution >= 4 is 27.7 Å². The minimum Gasteiger partial charge on any atom is -0.294 e. The zero-order chi connectivity index (χ0) is 15.8. The Morgan fingerprint density at radius 3 is 2.32 bits per heavy atom. The van der Waals surface area contributed by atoms with Gasteiger partial charge in [0.05, 0.1) is 12.1 Å². The fraction of sp³-hybridized carbons (Fsp3) is 0.500. The number of nitrogens with zero attached hydrogens (tertiary/aromatic N) is 1. The fourth-order valence-electron chi connectivity index (χ4n) is 2.55. The van der Waals surface area contributed by atoms with E-state index in [0.29, 0.717) is 16.6 Å². The molecule has 1 aliphatic heterocycles. The van der Waals surface area contributed by atoms with E-state index < -0.39 is 0 Å². The largest absolute Gasteiger partial charge is 0.294 e. The zero-order valence-electron chi connectivity index (χ0n) is 12.6. The Morgan fingerprint density at radius 1 is 1.00 bits per heavy atom. The predicted octanol–water partition coefficient (Wildman–Crippen LogP) is 2.48. The molecule has 0 unspecified atom stereocenters. The minimum atomic E-state index is -0.325. The van der Waals surface area contributed by atoms with Gasteiger partial charge in [0.1, 0.15) is 0 Å². The van der Waals surface area contributed by atoms with Gasteiger partial charge in [0.15, 0.2) is 0 Å². The van der Waals surface area contributed by atoms with Crippen LogP contribution in [0, 0.1) is 0 Å². The molecule has 2 amide bonds. The lowest BCUT2D eigenvalue weighted by atomic mass is 10.1. The molecule has 0 saturated carbocycles. The van der Waals surface area contributed by atoms with Gasteiger partial charge in [0.2, 0.25) is 0 Å². The standard InChI is InChI=1S/C16H22BrN3O2/c17-14-9-5-4-8-13(14)16(22)19-18-15(21)12-20-10-6-2-1-3-7-11-20/h4-5,8-9H,1-3,6-7,10-12H2,(H,18,21)(H,19,22). The third-order valence-electron chi connectivity index (χ3n) is 3.75. The van der Waals surface area contributed by atoms with Crippen LogP contribution in [0.3, 0.4) is 0 Å². The molecule has 0 bridgehead atoms. The highest BCUT2D eigenvalue weighted by Gasteiger charge is 2.14. The number of hydrazine groups is 1. The number of nitrogens with one attached hydrogen (secondary N) is 2. The number of hydrogen-bond acceptors (Lipinski definition) is 3. The highest BCUT2D eigenvalue weighted by atomic mass is 79.9. The van der Waals surface area contributed by atoms with Gasteiger partial charge in [-0.05, 0) is 54.0 Å². The summed E-state index contributed by atoms with van der Waals surface area (Å²) in [7, 11) is 0. The highest BCUT2D eigenvalue weighted by Crippen LogP contribution is 2.15. The van der Waals surface area contributed by atoms with Gasteiger partial charge in [0.25, 0.3) is 11.8 Å². The normalized spacial score (nSPS) is 16.4. The molecule has 0 aromatic heterocycles. The van der Waals surface area contributed by atoms with Crippen LogP contribution < -0.4 is 10.9 Å². The summed E-state index contributed by atoms with van der Waals surface area (Å²) in [5, 5.41) is 0. The third kappa shape index (κ3) is 5.42. The number of amides is 2. The molecule has 120 valence electrons. The van der Waals surface area contributed by atoms with E-state index in [1.807, 2.05) is 6.07 Å². The molecular formula is C16H22BrN3O2. The van der Waals surface area contributed by atoms with E-state index in [2.05, 4.69) is 31.7 Å². The molecule has 1 aromatic carbocycles. The summed E-state index contributed by atoms with van der Waals surface area (Å²) in [4.78, 5) is 26.1. The smallest absolute Gasteiger partial charge is 0.270 e. The minimum absolute atomic E-state index is 0.180. The van der Waals surface area contributed by atoms with Gasteiger partial charge in [-0.3, -0.25) is 25.3 Å². The Balaban J connectivity index is 1.77. The van der Waals surface area contributed by atoms with Crippen LogP contribution >= 0.6 is 15.9 Å². The predicted molar refractivity (Wildman–Crippen MR) is 89.3 cm³/mol. The van der Waals surface area contributed by atoms with E-state index in [1.54, 1.807) is 18.2 Å². The van der Waals surface area contributed by atoms with Crippen LogP contribution in [0.4, 0.5) is 0 Å². The van der Waals surface area contributed by atoms with Gasteiger partial charge >= 0.3 is 0 Å². The molecule has 5 nitrogen and oxygen atoms in total. The molecule has 0 spiro atoms. The van der Waals surface area contributed by atoms with Crippen molar-refractivity contribution in [1.29, 1.82) is 0 Å². The summed E-state index contributed by atoms with van der Waals surface area (Å²) in [6.45, 7) is 2.23. The first kappa shape index (κ1) is 17.0. The summed E-state index contributed by atoms with van der Waals surface area (Å²) in [5.41, 5.74) is 5.45. The lowest BCUT2D eigenvalue weighted by molar-refractivity contribution is -0.123. The maximum absolute atomic E-state index is 12.0. The quantitative estimate of drug-likeness (QED) is 0.806. The SMILES string of the molecule is O=C(CN1CCCCCCC1)NNC(=O)c1ccccc1Br. The molecule has 2 N–H and O–H groups in total. The van der Waals surface area contributed by atoms with Gasteiger partial charge < -0.3 is 0 Å². The van der Waals surface area contributed by atoms with Crippen LogP contribution in [-0.4, -0.2) is 36.3 Å². The van der Waals surface area contributed by atoms with Crippen molar-refractivity contribution in [2.24, 2.45) is 0 Å². The molecule has 2 rings (SSSR count). The van der Waals surface area contributed by atoms with Crippen LogP contribution in [0.2, 0.25) is 0 Å². The summed E-state index contributed by atoms with van der Waals surface area (Å²) < 4.78 is 0.700. The zero-order valence-corrected chi connectivity index (χ0v) is 14.2. The summed E-state index contributed by atoms with van der Waals surface area (Å²) in [5.74, 6) is -0.505. The first-order chi connectivity index (χ1) is 10.7. The average molecular weight is 368 g/mol. The molecule has 6 heteroatoms. The molecule has 0 aliphatic carbocycles. The van der Waals surface area contributed by atoms with Crippen molar-refractivity contribution in [1.82, 2.24) is 15.8 Å². The van der Waals surface area contributed by atoms with Gasteiger partial charge in [-0.1, -0.05) is 31.4 Å². The van der Waals surface area contributed by atoms with Crippen LogP contribution in [0.15, 0.2) is 28.7 Å². The molecule has 1 aliphatic rings. The number of likely N-dealkylation sites (tertiary alicyclic amines) is 1. The second-order valence-corrected chi connectivity index (χ2v) is 6.38. The Bertz CT molecular complexity index is 514. The number of carbonyl (C=O) groups is 2. The number of benzene rings is 1. The fourth-order valence-corrected chi connectivity index (χ4v) is 3.02. The molecular weight excluding hydrogens is 346 g/mol. The summed E-state index contributed by atoms with van der Waals surface area (Å²) >= 11 is 3.32. The number of carbonyl (C=O) groups excluding carboxylic acids is 2. The van der Waals surface area contributed by atoms with Crippen molar-refractivity contribution in [2.45, 2.75) is 32.1 Å². The monoisotopic (exact) mass is 367 g/mol. The van der Waals surface area contributed by atoms with Crippen molar-refractivity contribution in [3.05, 3.63) is 34.3 Å².